The molecule has 0 spiro atoms. The summed E-state index contributed by atoms with van der Waals surface area (Å²) in [4.78, 5) is 36.3. The quantitative estimate of drug-likeness (QED) is 0.534. The van der Waals surface area contributed by atoms with Crippen LogP contribution < -0.4 is 15.6 Å². The Balaban J connectivity index is 1.43. The van der Waals surface area contributed by atoms with Crippen molar-refractivity contribution in [3.8, 4) is 5.75 Å². The summed E-state index contributed by atoms with van der Waals surface area (Å²) in [5.41, 5.74) is 5.20. The largest absolute Gasteiger partial charge is 0.491 e. The van der Waals surface area contributed by atoms with Crippen LogP contribution in [0.25, 0.3) is 0 Å². The fourth-order valence-electron chi connectivity index (χ4n) is 2.82. The molecule has 1 heterocycles. The number of benzene rings is 2. The molecule has 2 aromatic carbocycles. The smallest absolute Gasteiger partial charge is 0.338 e. The molecular formula is C22H24N2O6. The van der Waals surface area contributed by atoms with Crippen molar-refractivity contribution in [2.24, 2.45) is 0 Å². The number of amides is 2. The molecule has 158 valence electrons. The van der Waals surface area contributed by atoms with Gasteiger partial charge in [-0.15, -0.1) is 0 Å². The van der Waals surface area contributed by atoms with E-state index in [4.69, 9.17) is 14.2 Å². The molecule has 0 aliphatic carbocycles. The predicted octanol–water partition coefficient (Wildman–Crippen LogP) is 2.25. The van der Waals surface area contributed by atoms with Gasteiger partial charge in [0.15, 0.2) is 6.10 Å². The van der Waals surface area contributed by atoms with Gasteiger partial charge in [-0.3, -0.25) is 20.4 Å². The van der Waals surface area contributed by atoms with E-state index in [0.29, 0.717) is 17.9 Å². The zero-order valence-electron chi connectivity index (χ0n) is 16.6. The van der Waals surface area contributed by atoms with Gasteiger partial charge in [0.2, 0.25) is 0 Å². The minimum atomic E-state index is -1.09. The van der Waals surface area contributed by atoms with Gasteiger partial charge in [-0.1, -0.05) is 18.2 Å². The molecule has 2 atom stereocenters. The molecule has 8 heteroatoms. The summed E-state index contributed by atoms with van der Waals surface area (Å²) in [5, 5.41) is 0. The van der Waals surface area contributed by atoms with Crippen molar-refractivity contribution in [2.75, 3.05) is 13.2 Å². The molecule has 2 N–H and O–H groups in total. The molecule has 1 aliphatic heterocycles. The molecule has 30 heavy (non-hydrogen) atoms. The van der Waals surface area contributed by atoms with E-state index in [1.807, 2.05) is 0 Å². The average molecular weight is 412 g/mol. The lowest BCUT2D eigenvalue weighted by atomic mass is 10.2. The van der Waals surface area contributed by atoms with E-state index in [1.54, 1.807) is 54.6 Å². The van der Waals surface area contributed by atoms with Gasteiger partial charge in [0, 0.05) is 12.2 Å². The Bertz CT molecular complexity index is 863. The molecule has 1 fully saturated rings. The molecule has 0 unspecified atom stereocenters. The lowest BCUT2D eigenvalue weighted by molar-refractivity contribution is -0.129. The van der Waals surface area contributed by atoms with Gasteiger partial charge >= 0.3 is 5.97 Å². The van der Waals surface area contributed by atoms with Crippen molar-refractivity contribution in [2.45, 2.75) is 32.0 Å². The van der Waals surface area contributed by atoms with Crippen LogP contribution in [0.4, 0.5) is 0 Å². The fraction of sp³-hybridized carbons (Fsp3) is 0.318. The topological polar surface area (TPSA) is 103 Å². The van der Waals surface area contributed by atoms with Crippen LogP contribution in [0.3, 0.4) is 0 Å². The summed E-state index contributed by atoms with van der Waals surface area (Å²) < 4.78 is 16.3. The Morgan fingerprint density at radius 3 is 2.43 bits per heavy atom. The predicted molar refractivity (Wildman–Crippen MR) is 108 cm³/mol. The third kappa shape index (κ3) is 6.05. The first-order chi connectivity index (χ1) is 14.5. The highest BCUT2D eigenvalue weighted by molar-refractivity contribution is 5.96. The molecule has 0 aromatic heterocycles. The third-order valence-corrected chi connectivity index (χ3v) is 4.54. The van der Waals surface area contributed by atoms with E-state index < -0.39 is 23.9 Å². The van der Waals surface area contributed by atoms with Crippen LogP contribution in [0.15, 0.2) is 54.6 Å². The van der Waals surface area contributed by atoms with Crippen molar-refractivity contribution in [3.63, 3.8) is 0 Å². The first-order valence-electron chi connectivity index (χ1n) is 9.73. The van der Waals surface area contributed by atoms with Crippen molar-refractivity contribution < 1.29 is 28.6 Å². The van der Waals surface area contributed by atoms with Gasteiger partial charge in [-0.25, -0.2) is 4.79 Å². The van der Waals surface area contributed by atoms with Gasteiger partial charge < -0.3 is 14.2 Å². The number of esters is 1. The Morgan fingerprint density at radius 2 is 1.77 bits per heavy atom. The first kappa shape index (κ1) is 21.3. The standard InChI is InChI=1S/C22H24N2O6/c1-15(20(25)23-24-21(26)16-6-3-2-4-7-16)30-22(27)17-9-11-18(12-10-17)29-14-19-8-5-13-28-19/h2-4,6-7,9-12,15,19H,5,8,13-14H2,1H3,(H,23,25)(H,24,26)/t15-,19+/m0/s1. The van der Waals surface area contributed by atoms with Crippen molar-refractivity contribution in [1.82, 2.24) is 10.9 Å². The normalized spacial score (nSPS) is 16.4. The monoisotopic (exact) mass is 412 g/mol. The number of nitrogens with one attached hydrogen (secondary N) is 2. The first-order valence-corrected chi connectivity index (χ1v) is 9.73. The second-order valence-electron chi connectivity index (χ2n) is 6.83. The minimum Gasteiger partial charge on any atom is -0.491 e. The summed E-state index contributed by atoms with van der Waals surface area (Å²) in [6.07, 6.45) is 1.04. The van der Waals surface area contributed by atoms with E-state index >= 15 is 0 Å². The van der Waals surface area contributed by atoms with E-state index in [2.05, 4.69) is 10.9 Å². The molecular weight excluding hydrogens is 388 g/mol. The maximum atomic E-state index is 12.2. The number of carbonyl (C=O) groups excluding carboxylic acids is 3. The minimum absolute atomic E-state index is 0.108. The third-order valence-electron chi connectivity index (χ3n) is 4.54. The van der Waals surface area contributed by atoms with Gasteiger partial charge in [0.25, 0.3) is 11.8 Å². The van der Waals surface area contributed by atoms with Crippen LogP contribution in [0.2, 0.25) is 0 Å². The maximum absolute atomic E-state index is 12.2. The summed E-state index contributed by atoms with van der Waals surface area (Å²) >= 11 is 0. The van der Waals surface area contributed by atoms with Crippen LogP contribution in [-0.4, -0.2) is 43.2 Å². The summed E-state index contributed by atoms with van der Waals surface area (Å²) in [5.74, 6) is -1.15. The van der Waals surface area contributed by atoms with Gasteiger partial charge in [0.05, 0.1) is 11.7 Å². The Morgan fingerprint density at radius 1 is 1.03 bits per heavy atom. The average Bonchev–Trinajstić information content (AvgIpc) is 3.30. The molecule has 0 bridgehead atoms. The molecule has 3 rings (SSSR count). The van der Waals surface area contributed by atoms with Crippen LogP contribution in [0.1, 0.15) is 40.5 Å². The summed E-state index contributed by atoms with van der Waals surface area (Å²) in [6, 6.07) is 14.9. The van der Waals surface area contributed by atoms with Crippen LogP contribution >= 0.6 is 0 Å². The number of hydrazine groups is 1. The van der Waals surface area contributed by atoms with Crippen molar-refractivity contribution >= 4 is 17.8 Å². The van der Waals surface area contributed by atoms with Crippen LogP contribution in [0.5, 0.6) is 5.75 Å². The highest BCUT2D eigenvalue weighted by Gasteiger charge is 2.20. The van der Waals surface area contributed by atoms with Gasteiger partial charge in [-0.2, -0.15) is 0 Å². The summed E-state index contributed by atoms with van der Waals surface area (Å²) in [6.45, 7) is 2.65. The number of ether oxygens (including phenoxy) is 3. The molecule has 0 radical (unpaired) electrons. The SMILES string of the molecule is C[C@H](OC(=O)c1ccc(OC[C@H]2CCCO2)cc1)C(=O)NNC(=O)c1ccccc1. The number of rotatable bonds is 7. The lowest BCUT2D eigenvalue weighted by Crippen LogP contribution is -2.46. The number of hydrogen-bond donors (Lipinski definition) is 2. The van der Waals surface area contributed by atoms with E-state index in [0.717, 1.165) is 19.4 Å². The Hall–Kier alpha value is -3.39. The van der Waals surface area contributed by atoms with Crippen molar-refractivity contribution in [3.05, 3.63) is 65.7 Å². The number of hydrogen-bond acceptors (Lipinski definition) is 6. The maximum Gasteiger partial charge on any atom is 0.338 e. The van der Waals surface area contributed by atoms with Gasteiger partial charge in [-0.05, 0) is 56.2 Å². The lowest BCUT2D eigenvalue weighted by Gasteiger charge is -2.14. The molecule has 8 nitrogen and oxygen atoms in total. The van der Waals surface area contributed by atoms with Gasteiger partial charge in [0.1, 0.15) is 12.4 Å². The molecule has 0 saturated carbocycles. The van der Waals surface area contributed by atoms with E-state index in [-0.39, 0.29) is 11.7 Å². The highest BCUT2D eigenvalue weighted by Crippen LogP contribution is 2.17. The Kier molecular flexibility index (Phi) is 7.40. The second-order valence-corrected chi connectivity index (χ2v) is 6.83. The molecule has 1 aliphatic rings. The van der Waals surface area contributed by atoms with E-state index in [9.17, 15) is 14.4 Å². The molecule has 2 aromatic rings. The number of carbonyl (C=O) groups is 3. The fourth-order valence-corrected chi connectivity index (χ4v) is 2.82. The zero-order chi connectivity index (χ0) is 21.3. The zero-order valence-corrected chi connectivity index (χ0v) is 16.6. The Labute approximate surface area is 174 Å². The van der Waals surface area contributed by atoms with Crippen LogP contribution in [0, 0.1) is 0 Å². The van der Waals surface area contributed by atoms with Crippen LogP contribution in [-0.2, 0) is 14.3 Å². The molecule has 2 amide bonds. The highest BCUT2D eigenvalue weighted by atomic mass is 16.5. The summed E-state index contributed by atoms with van der Waals surface area (Å²) in [7, 11) is 0. The van der Waals surface area contributed by atoms with E-state index in [1.165, 1.54) is 6.92 Å². The second kappa shape index (κ2) is 10.4. The van der Waals surface area contributed by atoms with Crippen molar-refractivity contribution in [1.29, 1.82) is 0 Å². The molecule has 1 saturated heterocycles.